The number of nitrogens with zero attached hydrogens (tertiary/aromatic N) is 2. The predicted octanol–water partition coefficient (Wildman–Crippen LogP) is 0.892. The van der Waals surface area contributed by atoms with Gasteiger partial charge in [0.2, 0.25) is 0 Å². The second-order valence-corrected chi connectivity index (χ2v) is 2.71. The summed E-state index contributed by atoms with van der Waals surface area (Å²) in [6.07, 6.45) is 4.12. The Kier molecular flexibility index (Phi) is 2.99. The number of hydrogen-bond acceptors (Lipinski definition) is 4. The molecule has 12 heavy (non-hydrogen) atoms. The van der Waals surface area contributed by atoms with Gasteiger partial charge in [-0.1, -0.05) is 6.92 Å². The van der Waals surface area contributed by atoms with Crippen molar-refractivity contribution in [3.05, 3.63) is 18.1 Å². The number of anilines is 1. The summed E-state index contributed by atoms with van der Waals surface area (Å²) in [6, 6.07) is 0. The molecule has 0 radical (unpaired) electrons. The molecule has 1 aromatic rings. The lowest BCUT2D eigenvalue weighted by atomic mass is 10.3. The molecule has 0 fully saturated rings. The van der Waals surface area contributed by atoms with Crippen molar-refractivity contribution in [2.45, 2.75) is 26.4 Å². The lowest BCUT2D eigenvalue weighted by Crippen LogP contribution is -2.29. The lowest BCUT2D eigenvalue weighted by Gasteiger charge is -2.12. The fourth-order valence-corrected chi connectivity index (χ4v) is 0.828. The maximum absolute atomic E-state index is 5.70. The summed E-state index contributed by atoms with van der Waals surface area (Å²) in [4.78, 5) is 7.95. The molecule has 0 aliphatic heterocycles. The van der Waals surface area contributed by atoms with Gasteiger partial charge in [-0.15, -0.1) is 0 Å². The van der Waals surface area contributed by atoms with Gasteiger partial charge in [0.15, 0.2) is 0 Å². The number of rotatable bonds is 3. The van der Waals surface area contributed by atoms with Gasteiger partial charge < -0.3 is 11.1 Å². The molecular formula is C8H14N4. The van der Waals surface area contributed by atoms with Crippen molar-refractivity contribution in [1.29, 1.82) is 0 Å². The van der Waals surface area contributed by atoms with Crippen molar-refractivity contribution in [2.24, 2.45) is 5.73 Å². The van der Waals surface area contributed by atoms with Crippen LogP contribution in [-0.2, 0) is 0 Å². The molecule has 0 aliphatic rings. The molecule has 0 bridgehead atoms. The Hall–Kier alpha value is -1.16. The summed E-state index contributed by atoms with van der Waals surface area (Å²) in [5.41, 5.74) is 6.72. The quantitative estimate of drug-likeness (QED) is 0.654. The van der Waals surface area contributed by atoms with Crippen LogP contribution in [0.25, 0.3) is 0 Å². The highest BCUT2D eigenvalue weighted by Crippen LogP contribution is 2.08. The Bertz CT molecular complexity index is 249. The first-order chi connectivity index (χ1) is 5.74. The summed E-state index contributed by atoms with van der Waals surface area (Å²) in [7, 11) is 0. The van der Waals surface area contributed by atoms with Crippen LogP contribution >= 0.6 is 0 Å². The van der Waals surface area contributed by atoms with E-state index in [-0.39, 0.29) is 6.17 Å². The minimum atomic E-state index is -0.0291. The highest BCUT2D eigenvalue weighted by Gasteiger charge is 2.01. The zero-order valence-electron chi connectivity index (χ0n) is 7.41. The standard InChI is InChI=1S/C8H14N4/c1-3-7(9)12-8-6(2)4-10-5-11-8/h4-5,7H,3,9H2,1-2H3,(H,10,11,12)/t7-/m0/s1. The van der Waals surface area contributed by atoms with E-state index >= 15 is 0 Å². The summed E-state index contributed by atoms with van der Waals surface area (Å²) >= 11 is 0. The molecule has 0 aliphatic carbocycles. The molecule has 1 heterocycles. The van der Waals surface area contributed by atoms with Gasteiger partial charge in [-0.25, -0.2) is 9.97 Å². The average Bonchev–Trinajstić information content (AvgIpc) is 2.09. The topological polar surface area (TPSA) is 63.8 Å². The molecule has 0 spiro atoms. The number of nitrogens with one attached hydrogen (secondary N) is 1. The third-order valence-electron chi connectivity index (χ3n) is 1.66. The lowest BCUT2D eigenvalue weighted by molar-refractivity contribution is 0.723. The first-order valence-electron chi connectivity index (χ1n) is 4.02. The van der Waals surface area contributed by atoms with Crippen LogP contribution < -0.4 is 11.1 Å². The maximum Gasteiger partial charge on any atom is 0.133 e. The van der Waals surface area contributed by atoms with Crippen molar-refractivity contribution in [2.75, 3.05) is 5.32 Å². The summed E-state index contributed by atoms with van der Waals surface area (Å²) in [5.74, 6) is 0.819. The maximum atomic E-state index is 5.70. The molecular weight excluding hydrogens is 152 g/mol. The highest BCUT2D eigenvalue weighted by atomic mass is 15.1. The van der Waals surface area contributed by atoms with Crippen LogP contribution in [0.2, 0.25) is 0 Å². The van der Waals surface area contributed by atoms with Gasteiger partial charge in [-0.2, -0.15) is 0 Å². The SMILES string of the molecule is CC[C@@H](N)Nc1ncncc1C. The predicted molar refractivity (Wildman–Crippen MR) is 48.7 cm³/mol. The Morgan fingerprint density at radius 1 is 1.67 bits per heavy atom. The van der Waals surface area contributed by atoms with Gasteiger partial charge in [0.25, 0.3) is 0 Å². The number of aryl methyl sites for hydroxylation is 1. The molecule has 4 nitrogen and oxygen atoms in total. The van der Waals surface area contributed by atoms with Gasteiger partial charge in [0.05, 0.1) is 6.17 Å². The Labute approximate surface area is 72.2 Å². The normalized spacial score (nSPS) is 12.6. The molecule has 3 N–H and O–H groups in total. The van der Waals surface area contributed by atoms with Crippen LogP contribution in [0, 0.1) is 6.92 Å². The van der Waals surface area contributed by atoms with E-state index < -0.39 is 0 Å². The van der Waals surface area contributed by atoms with E-state index in [1.54, 1.807) is 6.20 Å². The zero-order chi connectivity index (χ0) is 8.97. The second kappa shape index (κ2) is 4.01. The molecule has 0 saturated heterocycles. The van der Waals surface area contributed by atoms with E-state index in [0.717, 1.165) is 17.8 Å². The summed E-state index contributed by atoms with van der Waals surface area (Å²) in [5, 5.41) is 3.09. The third-order valence-corrected chi connectivity index (χ3v) is 1.66. The molecule has 0 saturated carbocycles. The first kappa shape index (κ1) is 8.93. The Morgan fingerprint density at radius 2 is 2.42 bits per heavy atom. The van der Waals surface area contributed by atoms with Crippen LogP contribution in [0.3, 0.4) is 0 Å². The van der Waals surface area contributed by atoms with E-state index in [4.69, 9.17) is 5.73 Å². The van der Waals surface area contributed by atoms with Crippen molar-refractivity contribution in [1.82, 2.24) is 9.97 Å². The molecule has 0 amide bonds. The highest BCUT2D eigenvalue weighted by molar-refractivity contribution is 5.41. The molecule has 1 atom stereocenters. The molecule has 1 rings (SSSR count). The van der Waals surface area contributed by atoms with E-state index in [2.05, 4.69) is 15.3 Å². The largest absolute Gasteiger partial charge is 0.355 e. The van der Waals surface area contributed by atoms with Gasteiger partial charge in [0.1, 0.15) is 12.1 Å². The van der Waals surface area contributed by atoms with Crippen LogP contribution in [0.5, 0.6) is 0 Å². The number of nitrogens with two attached hydrogens (primary N) is 1. The first-order valence-corrected chi connectivity index (χ1v) is 4.02. The van der Waals surface area contributed by atoms with Crippen LogP contribution in [0.1, 0.15) is 18.9 Å². The van der Waals surface area contributed by atoms with Crippen LogP contribution in [0.4, 0.5) is 5.82 Å². The second-order valence-electron chi connectivity index (χ2n) is 2.71. The van der Waals surface area contributed by atoms with Crippen molar-refractivity contribution in [3.8, 4) is 0 Å². The molecule has 0 unspecified atom stereocenters. The van der Waals surface area contributed by atoms with Gasteiger partial charge >= 0.3 is 0 Å². The van der Waals surface area contributed by atoms with Gasteiger partial charge in [0, 0.05) is 11.8 Å². The smallest absolute Gasteiger partial charge is 0.133 e. The fourth-order valence-electron chi connectivity index (χ4n) is 0.828. The van der Waals surface area contributed by atoms with Crippen molar-refractivity contribution >= 4 is 5.82 Å². The minimum absolute atomic E-state index is 0.0291. The van der Waals surface area contributed by atoms with Crippen LogP contribution in [0.15, 0.2) is 12.5 Å². The Morgan fingerprint density at radius 3 is 3.00 bits per heavy atom. The number of hydrogen-bond donors (Lipinski definition) is 2. The van der Waals surface area contributed by atoms with Gasteiger partial charge in [-0.3, -0.25) is 0 Å². The van der Waals surface area contributed by atoms with E-state index in [1.807, 2.05) is 13.8 Å². The molecule has 66 valence electrons. The van der Waals surface area contributed by atoms with E-state index in [1.165, 1.54) is 6.33 Å². The van der Waals surface area contributed by atoms with Crippen molar-refractivity contribution < 1.29 is 0 Å². The monoisotopic (exact) mass is 166 g/mol. The van der Waals surface area contributed by atoms with E-state index in [9.17, 15) is 0 Å². The van der Waals surface area contributed by atoms with Crippen molar-refractivity contribution in [3.63, 3.8) is 0 Å². The average molecular weight is 166 g/mol. The Balaban J connectivity index is 2.69. The van der Waals surface area contributed by atoms with Crippen LogP contribution in [-0.4, -0.2) is 16.1 Å². The molecule has 1 aromatic heterocycles. The van der Waals surface area contributed by atoms with E-state index in [0.29, 0.717) is 0 Å². The third kappa shape index (κ3) is 2.17. The molecule has 4 heteroatoms. The van der Waals surface area contributed by atoms with Gasteiger partial charge in [-0.05, 0) is 13.3 Å². The number of aromatic nitrogens is 2. The molecule has 0 aromatic carbocycles. The summed E-state index contributed by atoms with van der Waals surface area (Å²) < 4.78 is 0. The summed E-state index contributed by atoms with van der Waals surface area (Å²) in [6.45, 7) is 3.97. The minimum Gasteiger partial charge on any atom is -0.355 e. The zero-order valence-corrected chi connectivity index (χ0v) is 7.41. The fraction of sp³-hybridized carbons (Fsp3) is 0.500.